The molecule has 0 aromatic heterocycles. The minimum atomic E-state index is 0. The Hall–Kier alpha value is -0.770. The maximum Gasteiger partial charge on any atom is 0.223 e. The highest BCUT2D eigenvalue weighted by Gasteiger charge is 2.36. The molecular formula is C21H30Cl2N2O. The summed E-state index contributed by atoms with van der Waals surface area (Å²) in [5.41, 5.74) is 1.24. The van der Waals surface area contributed by atoms with Gasteiger partial charge in [0.2, 0.25) is 5.91 Å². The first-order valence-corrected chi connectivity index (χ1v) is 10.4. The van der Waals surface area contributed by atoms with Crippen molar-refractivity contribution in [2.75, 3.05) is 6.54 Å². The fraction of sp³-hybridized carbons (Fsp3) is 0.667. The highest BCUT2D eigenvalue weighted by Crippen LogP contribution is 2.36. The third-order valence-corrected chi connectivity index (χ3v) is 6.61. The lowest BCUT2D eigenvalue weighted by Gasteiger charge is -2.34. The Kier molecular flexibility index (Phi) is 6.87. The van der Waals surface area contributed by atoms with Gasteiger partial charge < -0.3 is 10.2 Å². The topological polar surface area (TPSA) is 32.3 Å². The first kappa shape index (κ1) is 20.0. The number of nitrogens with one attached hydrogen (secondary N) is 1. The van der Waals surface area contributed by atoms with E-state index < -0.39 is 0 Å². The largest absolute Gasteiger partial charge is 0.336 e. The number of halogens is 2. The molecule has 3 saturated heterocycles. The van der Waals surface area contributed by atoms with Crippen LogP contribution in [0.1, 0.15) is 69.4 Å². The SMILES string of the molecule is Cl.O=C(CC1CC2CCC(C1)N2)N1CCCCCC1c1ccc(Cl)cc1. The normalized spacial score (nSPS) is 31.2. The van der Waals surface area contributed by atoms with Crippen LogP contribution in [0.25, 0.3) is 0 Å². The zero-order valence-corrected chi connectivity index (χ0v) is 16.9. The van der Waals surface area contributed by atoms with Crippen LogP contribution >= 0.6 is 24.0 Å². The molecule has 1 aromatic carbocycles. The van der Waals surface area contributed by atoms with Gasteiger partial charge in [0.05, 0.1) is 6.04 Å². The Morgan fingerprint density at radius 2 is 1.73 bits per heavy atom. The lowest BCUT2D eigenvalue weighted by molar-refractivity contribution is -0.135. The van der Waals surface area contributed by atoms with Crippen LogP contribution in [0.15, 0.2) is 24.3 Å². The van der Waals surface area contributed by atoms with Crippen molar-refractivity contribution in [1.82, 2.24) is 10.2 Å². The second-order valence-electron chi connectivity index (χ2n) is 8.18. The smallest absolute Gasteiger partial charge is 0.223 e. The standard InChI is InChI=1S/C21H29ClN2O.ClH/c22-17-7-5-16(6-8-17)20-4-2-1-3-11-24(20)21(25)14-15-12-18-9-10-19(13-15)23-18;/h5-8,15,18-20,23H,1-4,9-14H2;1H. The van der Waals surface area contributed by atoms with Crippen LogP contribution in [0, 0.1) is 5.92 Å². The average Bonchev–Trinajstić information content (AvgIpc) is 2.82. The molecule has 3 aliphatic rings. The van der Waals surface area contributed by atoms with Crippen molar-refractivity contribution in [3.05, 3.63) is 34.9 Å². The van der Waals surface area contributed by atoms with Crippen molar-refractivity contribution >= 4 is 29.9 Å². The number of hydrogen-bond donors (Lipinski definition) is 1. The number of nitrogens with zero attached hydrogens (tertiary/aromatic N) is 1. The number of likely N-dealkylation sites (tertiary alicyclic amines) is 1. The van der Waals surface area contributed by atoms with E-state index in [0.29, 0.717) is 23.9 Å². The molecule has 3 fully saturated rings. The third-order valence-electron chi connectivity index (χ3n) is 6.36. The van der Waals surface area contributed by atoms with Gasteiger partial charge in [-0.05, 0) is 62.1 Å². The van der Waals surface area contributed by atoms with Gasteiger partial charge in [0.1, 0.15) is 0 Å². The number of benzene rings is 1. The van der Waals surface area contributed by atoms with Crippen molar-refractivity contribution in [3.63, 3.8) is 0 Å². The molecule has 0 spiro atoms. The summed E-state index contributed by atoms with van der Waals surface area (Å²) in [4.78, 5) is 15.4. The second-order valence-corrected chi connectivity index (χ2v) is 8.62. The summed E-state index contributed by atoms with van der Waals surface area (Å²) in [7, 11) is 0. The quantitative estimate of drug-likeness (QED) is 0.767. The van der Waals surface area contributed by atoms with Gasteiger partial charge in [-0.15, -0.1) is 12.4 Å². The van der Waals surface area contributed by atoms with E-state index in [1.54, 1.807) is 0 Å². The van der Waals surface area contributed by atoms with Crippen LogP contribution in [0.3, 0.4) is 0 Å². The highest BCUT2D eigenvalue weighted by molar-refractivity contribution is 6.30. The maximum atomic E-state index is 13.2. The Balaban J connectivity index is 0.00000196. The molecule has 3 heterocycles. The van der Waals surface area contributed by atoms with Gasteiger partial charge in [-0.2, -0.15) is 0 Å². The first-order chi connectivity index (χ1) is 12.2. The van der Waals surface area contributed by atoms with Gasteiger partial charge >= 0.3 is 0 Å². The van der Waals surface area contributed by atoms with Gasteiger partial charge in [0, 0.05) is 30.1 Å². The highest BCUT2D eigenvalue weighted by atomic mass is 35.5. The molecule has 144 valence electrons. The zero-order valence-electron chi connectivity index (χ0n) is 15.3. The Morgan fingerprint density at radius 1 is 1.04 bits per heavy atom. The summed E-state index contributed by atoms with van der Waals surface area (Å²) in [6.07, 6.45) is 10.3. The number of hydrogen-bond acceptors (Lipinski definition) is 2. The molecule has 2 bridgehead atoms. The molecule has 3 nitrogen and oxygen atoms in total. The van der Waals surface area contributed by atoms with E-state index in [1.807, 2.05) is 12.1 Å². The van der Waals surface area contributed by atoms with Crippen LogP contribution in [-0.4, -0.2) is 29.4 Å². The molecule has 0 radical (unpaired) electrons. The minimum absolute atomic E-state index is 0. The molecule has 0 saturated carbocycles. The number of rotatable bonds is 3. The molecule has 0 aliphatic carbocycles. The van der Waals surface area contributed by atoms with E-state index in [1.165, 1.54) is 44.1 Å². The fourth-order valence-corrected chi connectivity index (χ4v) is 5.27. The summed E-state index contributed by atoms with van der Waals surface area (Å²) in [6, 6.07) is 9.66. The van der Waals surface area contributed by atoms with Crippen molar-refractivity contribution < 1.29 is 4.79 Å². The molecule has 5 heteroatoms. The van der Waals surface area contributed by atoms with Gasteiger partial charge in [0.15, 0.2) is 0 Å². The number of piperidine rings is 1. The molecule has 26 heavy (non-hydrogen) atoms. The summed E-state index contributed by atoms with van der Waals surface area (Å²) in [5, 5.41) is 4.45. The molecule has 4 rings (SSSR count). The summed E-state index contributed by atoms with van der Waals surface area (Å²) >= 11 is 6.06. The van der Waals surface area contributed by atoms with E-state index in [9.17, 15) is 4.79 Å². The molecular weight excluding hydrogens is 367 g/mol. The lowest BCUT2D eigenvalue weighted by atomic mass is 9.89. The number of amides is 1. The summed E-state index contributed by atoms with van der Waals surface area (Å²) in [5.74, 6) is 0.938. The Bertz CT molecular complexity index is 595. The van der Waals surface area contributed by atoms with Crippen LogP contribution in [0.2, 0.25) is 5.02 Å². The predicted octanol–water partition coefficient (Wildman–Crippen LogP) is 5.13. The van der Waals surface area contributed by atoms with E-state index in [0.717, 1.165) is 30.8 Å². The van der Waals surface area contributed by atoms with Gasteiger partial charge in [-0.3, -0.25) is 4.79 Å². The number of carbonyl (C=O) groups is 1. The maximum absolute atomic E-state index is 13.2. The molecule has 1 aromatic rings. The summed E-state index contributed by atoms with van der Waals surface area (Å²) < 4.78 is 0. The Labute approximate surface area is 168 Å². The third kappa shape index (κ3) is 4.55. The van der Waals surface area contributed by atoms with Crippen LogP contribution in [0.5, 0.6) is 0 Å². The molecule has 3 unspecified atom stereocenters. The Morgan fingerprint density at radius 3 is 2.42 bits per heavy atom. The van der Waals surface area contributed by atoms with Crippen molar-refractivity contribution in [2.45, 2.75) is 75.9 Å². The van der Waals surface area contributed by atoms with Crippen LogP contribution < -0.4 is 5.32 Å². The zero-order chi connectivity index (χ0) is 17.2. The molecule has 3 aliphatic heterocycles. The van der Waals surface area contributed by atoms with Gasteiger partial charge in [-0.1, -0.05) is 36.6 Å². The minimum Gasteiger partial charge on any atom is -0.336 e. The average molecular weight is 397 g/mol. The molecule has 1 N–H and O–H groups in total. The van der Waals surface area contributed by atoms with Crippen molar-refractivity contribution in [2.24, 2.45) is 5.92 Å². The van der Waals surface area contributed by atoms with E-state index >= 15 is 0 Å². The molecule has 3 atom stereocenters. The van der Waals surface area contributed by atoms with E-state index in [4.69, 9.17) is 11.6 Å². The van der Waals surface area contributed by atoms with E-state index in [2.05, 4.69) is 22.3 Å². The van der Waals surface area contributed by atoms with Crippen molar-refractivity contribution in [3.8, 4) is 0 Å². The van der Waals surface area contributed by atoms with Crippen LogP contribution in [-0.2, 0) is 4.79 Å². The number of fused-ring (bicyclic) bond motifs is 2. The van der Waals surface area contributed by atoms with Gasteiger partial charge in [0.25, 0.3) is 0 Å². The second kappa shape index (κ2) is 8.95. The van der Waals surface area contributed by atoms with E-state index in [-0.39, 0.29) is 18.4 Å². The predicted molar refractivity (Wildman–Crippen MR) is 109 cm³/mol. The molecule has 1 amide bonds. The fourth-order valence-electron chi connectivity index (χ4n) is 5.14. The lowest BCUT2D eigenvalue weighted by Crippen LogP contribution is -2.41. The van der Waals surface area contributed by atoms with Gasteiger partial charge in [-0.25, -0.2) is 0 Å². The summed E-state index contributed by atoms with van der Waals surface area (Å²) in [6.45, 7) is 0.907. The monoisotopic (exact) mass is 396 g/mol. The van der Waals surface area contributed by atoms with Crippen molar-refractivity contribution in [1.29, 1.82) is 0 Å². The van der Waals surface area contributed by atoms with Crippen LogP contribution in [0.4, 0.5) is 0 Å². The first-order valence-electron chi connectivity index (χ1n) is 10.00. The number of carbonyl (C=O) groups excluding carboxylic acids is 1.